The van der Waals surface area contributed by atoms with Crippen molar-refractivity contribution >= 4 is 27.3 Å². The van der Waals surface area contributed by atoms with Crippen LogP contribution in [0.15, 0.2) is 22.7 Å². The smallest absolute Gasteiger partial charge is 0.133 e. The van der Waals surface area contributed by atoms with E-state index in [4.69, 9.17) is 9.84 Å². The number of methoxy groups -OCH3 is 1. The zero-order valence-corrected chi connectivity index (χ0v) is 12.6. The van der Waals surface area contributed by atoms with Crippen LogP contribution in [0.25, 0.3) is 10.6 Å². The molecule has 1 N–H and O–H groups in total. The second kappa shape index (κ2) is 5.82. The van der Waals surface area contributed by atoms with Crippen LogP contribution in [-0.4, -0.2) is 23.8 Å². The van der Waals surface area contributed by atoms with Crippen molar-refractivity contribution < 1.29 is 9.84 Å². The lowest BCUT2D eigenvalue weighted by atomic mass is 10.2. The van der Waals surface area contributed by atoms with Gasteiger partial charge in [-0.2, -0.15) is 0 Å². The topological polar surface area (TPSA) is 42.4 Å². The Labute approximate surface area is 119 Å². The second-order valence-corrected chi connectivity index (χ2v) is 5.79. The van der Waals surface area contributed by atoms with Crippen molar-refractivity contribution in [2.24, 2.45) is 0 Å². The van der Waals surface area contributed by atoms with Gasteiger partial charge in [-0.3, -0.25) is 0 Å². The van der Waals surface area contributed by atoms with Crippen molar-refractivity contribution in [3.05, 3.63) is 33.2 Å². The fourth-order valence-electron chi connectivity index (χ4n) is 1.68. The molecule has 0 amide bonds. The molecule has 2 aromatic rings. The SMILES string of the molecule is COc1ccc(-c2nc(C)c(CCO)s2)cc1Br. The summed E-state index contributed by atoms with van der Waals surface area (Å²) in [5.74, 6) is 0.808. The number of ether oxygens (including phenoxy) is 1. The average molecular weight is 328 g/mol. The van der Waals surface area contributed by atoms with E-state index in [0.29, 0.717) is 6.42 Å². The summed E-state index contributed by atoms with van der Waals surface area (Å²) in [6, 6.07) is 5.91. The first kappa shape index (κ1) is 13.5. The van der Waals surface area contributed by atoms with Crippen molar-refractivity contribution in [3.8, 4) is 16.3 Å². The Bertz CT molecular complexity index is 554. The number of aromatic nitrogens is 1. The molecule has 2 rings (SSSR count). The van der Waals surface area contributed by atoms with Gasteiger partial charge in [0.1, 0.15) is 10.8 Å². The number of aliphatic hydroxyl groups is 1. The van der Waals surface area contributed by atoms with E-state index in [9.17, 15) is 0 Å². The number of hydrogen-bond donors (Lipinski definition) is 1. The predicted molar refractivity (Wildman–Crippen MR) is 77.3 cm³/mol. The van der Waals surface area contributed by atoms with E-state index >= 15 is 0 Å². The predicted octanol–water partition coefficient (Wildman–Crippen LogP) is 3.42. The molecular weight excluding hydrogens is 314 g/mol. The highest BCUT2D eigenvalue weighted by molar-refractivity contribution is 9.10. The first-order valence-corrected chi connectivity index (χ1v) is 7.17. The molecule has 1 heterocycles. The number of thiazole rings is 1. The number of aryl methyl sites for hydroxylation is 1. The summed E-state index contributed by atoms with van der Waals surface area (Å²) in [4.78, 5) is 5.68. The van der Waals surface area contributed by atoms with E-state index in [2.05, 4.69) is 20.9 Å². The summed E-state index contributed by atoms with van der Waals surface area (Å²) >= 11 is 5.10. The van der Waals surface area contributed by atoms with Crippen molar-refractivity contribution in [1.29, 1.82) is 0 Å². The molecule has 0 atom stereocenters. The summed E-state index contributed by atoms with van der Waals surface area (Å²) in [6.07, 6.45) is 0.667. The van der Waals surface area contributed by atoms with Gasteiger partial charge in [0.15, 0.2) is 0 Å². The normalized spacial score (nSPS) is 10.7. The molecule has 0 bridgehead atoms. The third kappa shape index (κ3) is 2.74. The van der Waals surface area contributed by atoms with Gasteiger partial charge in [0.2, 0.25) is 0 Å². The van der Waals surface area contributed by atoms with Crippen LogP contribution in [0, 0.1) is 6.92 Å². The Morgan fingerprint density at radius 3 is 2.83 bits per heavy atom. The van der Waals surface area contributed by atoms with Gasteiger partial charge >= 0.3 is 0 Å². The number of rotatable bonds is 4. The Balaban J connectivity index is 2.36. The number of benzene rings is 1. The quantitative estimate of drug-likeness (QED) is 0.935. The monoisotopic (exact) mass is 327 g/mol. The zero-order valence-electron chi connectivity index (χ0n) is 10.2. The summed E-state index contributed by atoms with van der Waals surface area (Å²) in [6.45, 7) is 2.14. The van der Waals surface area contributed by atoms with Crippen LogP contribution >= 0.6 is 27.3 Å². The van der Waals surface area contributed by atoms with Crippen LogP contribution < -0.4 is 4.74 Å². The fourth-order valence-corrected chi connectivity index (χ4v) is 3.27. The van der Waals surface area contributed by atoms with Crippen LogP contribution in [0.1, 0.15) is 10.6 Å². The molecule has 96 valence electrons. The van der Waals surface area contributed by atoms with Gasteiger partial charge in [-0.15, -0.1) is 11.3 Å². The van der Waals surface area contributed by atoms with Gasteiger partial charge in [-0.05, 0) is 41.1 Å². The largest absolute Gasteiger partial charge is 0.496 e. The number of hydrogen-bond acceptors (Lipinski definition) is 4. The molecule has 0 radical (unpaired) electrons. The number of nitrogens with zero attached hydrogens (tertiary/aromatic N) is 1. The van der Waals surface area contributed by atoms with Crippen molar-refractivity contribution in [1.82, 2.24) is 4.98 Å². The lowest BCUT2D eigenvalue weighted by Gasteiger charge is -2.04. The first-order valence-electron chi connectivity index (χ1n) is 5.56. The minimum absolute atomic E-state index is 0.161. The highest BCUT2D eigenvalue weighted by atomic mass is 79.9. The molecule has 0 aliphatic rings. The van der Waals surface area contributed by atoms with E-state index in [-0.39, 0.29) is 6.61 Å². The van der Waals surface area contributed by atoms with E-state index in [1.165, 1.54) is 0 Å². The maximum Gasteiger partial charge on any atom is 0.133 e. The molecule has 0 unspecified atom stereocenters. The van der Waals surface area contributed by atoms with E-state index in [1.807, 2.05) is 25.1 Å². The van der Waals surface area contributed by atoms with Gasteiger partial charge in [0.05, 0.1) is 17.3 Å². The van der Waals surface area contributed by atoms with E-state index in [0.717, 1.165) is 31.4 Å². The lowest BCUT2D eigenvalue weighted by Crippen LogP contribution is -1.88. The lowest BCUT2D eigenvalue weighted by molar-refractivity contribution is 0.300. The second-order valence-electron chi connectivity index (χ2n) is 3.85. The first-order chi connectivity index (χ1) is 8.65. The molecule has 18 heavy (non-hydrogen) atoms. The number of halogens is 1. The summed E-state index contributed by atoms with van der Waals surface area (Å²) in [5, 5.41) is 9.96. The molecular formula is C13H14BrNO2S. The zero-order chi connectivity index (χ0) is 13.1. The molecule has 3 nitrogen and oxygen atoms in total. The minimum Gasteiger partial charge on any atom is -0.496 e. The minimum atomic E-state index is 0.161. The van der Waals surface area contributed by atoms with E-state index in [1.54, 1.807) is 18.4 Å². The molecule has 0 saturated carbocycles. The van der Waals surface area contributed by atoms with Crippen LogP contribution in [0.5, 0.6) is 5.75 Å². The van der Waals surface area contributed by atoms with Gasteiger partial charge in [-0.1, -0.05) is 0 Å². The van der Waals surface area contributed by atoms with Gasteiger partial charge in [-0.25, -0.2) is 4.98 Å². The molecule has 0 saturated heterocycles. The molecule has 0 aliphatic heterocycles. The van der Waals surface area contributed by atoms with E-state index < -0.39 is 0 Å². The van der Waals surface area contributed by atoms with Crippen LogP contribution in [0.4, 0.5) is 0 Å². The molecule has 1 aromatic heterocycles. The summed E-state index contributed by atoms with van der Waals surface area (Å²) < 4.78 is 6.12. The summed E-state index contributed by atoms with van der Waals surface area (Å²) in [7, 11) is 1.65. The van der Waals surface area contributed by atoms with Gasteiger partial charge < -0.3 is 9.84 Å². The highest BCUT2D eigenvalue weighted by Gasteiger charge is 2.10. The van der Waals surface area contributed by atoms with Crippen molar-refractivity contribution in [2.45, 2.75) is 13.3 Å². The standard InChI is InChI=1S/C13H14BrNO2S/c1-8-12(5-6-16)18-13(15-8)9-3-4-11(17-2)10(14)7-9/h3-4,7,16H,5-6H2,1-2H3. The molecule has 5 heteroatoms. The maximum atomic E-state index is 8.99. The van der Waals surface area contributed by atoms with Crippen LogP contribution in [0.2, 0.25) is 0 Å². The van der Waals surface area contributed by atoms with Crippen LogP contribution in [0.3, 0.4) is 0 Å². The molecule has 0 fully saturated rings. The molecule has 0 aliphatic carbocycles. The van der Waals surface area contributed by atoms with Crippen molar-refractivity contribution in [3.63, 3.8) is 0 Å². The highest BCUT2D eigenvalue weighted by Crippen LogP contribution is 2.33. The van der Waals surface area contributed by atoms with Crippen LogP contribution in [-0.2, 0) is 6.42 Å². The Morgan fingerprint density at radius 1 is 1.44 bits per heavy atom. The van der Waals surface area contributed by atoms with Gasteiger partial charge in [0, 0.05) is 23.5 Å². The molecule has 0 spiro atoms. The third-order valence-corrected chi connectivity index (χ3v) is 4.52. The van der Waals surface area contributed by atoms with Gasteiger partial charge in [0.25, 0.3) is 0 Å². The maximum absolute atomic E-state index is 8.99. The summed E-state index contributed by atoms with van der Waals surface area (Å²) in [5.41, 5.74) is 2.05. The average Bonchev–Trinajstić information content (AvgIpc) is 2.71. The fraction of sp³-hybridized carbons (Fsp3) is 0.308. The molecule has 1 aromatic carbocycles. The van der Waals surface area contributed by atoms with Crippen molar-refractivity contribution in [2.75, 3.05) is 13.7 Å². The Morgan fingerprint density at radius 2 is 2.22 bits per heavy atom. The third-order valence-electron chi connectivity index (χ3n) is 2.63. The Kier molecular flexibility index (Phi) is 4.37. The number of aliphatic hydroxyl groups excluding tert-OH is 1. The Hall–Kier alpha value is -0.910.